The third-order valence-corrected chi connectivity index (χ3v) is 2.23. The predicted molar refractivity (Wildman–Crippen MR) is 63.6 cm³/mol. The van der Waals surface area contributed by atoms with Crippen LogP contribution in [-0.2, 0) is 0 Å². The Balaban J connectivity index is 2.57. The summed E-state index contributed by atoms with van der Waals surface area (Å²) in [4.78, 5) is 0. The summed E-state index contributed by atoms with van der Waals surface area (Å²) in [6.07, 6.45) is 2.42. The Bertz CT molecular complexity index is 357. The summed E-state index contributed by atoms with van der Waals surface area (Å²) in [5, 5.41) is 9.54. The minimum Gasteiger partial charge on any atom is -0.380 e. The summed E-state index contributed by atoms with van der Waals surface area (Å²) >= 11 is 0. The van der Waals surface area contributed by atoms with Crippen LogP contribution in [0.4, 0.5) is 0 Å². The molecule has 1 aromatic carbocycles. The molecule has 0 aromatic heterocycles. The zero-order chi connectivity index (χ0) is 11.1. The van der Waals surface area contributed by atoms with E-state index in [4.69, 9.17) is 0 Å². The third kappa shape index (κ3) is 4.67. The average Bonchev–Trinajstić information content (AvgIpc) is 2.23. The van der Waals surface area contributed by atoms with Crippen molar-refractivity contribution in [3.05, 3.63) is 35.4 Å². The van der Waals surface area contributed by atoms with Gasteiger partial charge in [-0.15, -0.1) is 0 Å². The standard InChI is InChI=1S/C14H18O/c1-3-4-8-14(15)10-9-13-7-5-6-12(2)11-13/h5-7,11,14-15H,3-4,8H2,1-2H3. The Morgan fingerprint density at radius 1 is 1.40 bits per heavy atom. The molecule has 0 bridgehead atoms. The molecule has 0 spiro atoms. The van der Waals surface area contributed by atoms with Gasteiger partial charge >= 0.3 is 0 Å². The minimum atomic E-state index is -0.481. The second-order valence-electron chi connectivity index (χ2n) is 3.80. The summed E-state index contributed by atoms with van der Waals surface area (Å²) in [6.45, 7) is 4.15. The largest absolute Gasteiger partial charge is 0.380 e. The monoisotopic (exact) mass is 202 g/mol. The van der Waals surface area contributed by atoms with Gasteiger partial charge < -0.3 is 5.11 Å². The Kier molecular flexibility index (Phi) is 4.93. The fourth-order valence-electron chi connectivity index (χ4n) is 1.36. The number of hydrogen-bond acceptors (Lipinski definition) is 1. The first-order valence-electron chi connectivity index (χ1n) is 5.48. The van der Waals surface area contributed by atoms with E-state index in [1.165, 1.54) is 5.56 Å². The number of hydrogen-bond donors (Lipinski definition) is 1. The van der Waals surface area contributed by atoms with Crippen molar-refractivity contribution in [2.45, 2.75) is 39.2 Å². The van der Waals surface area contributed by atoms with Crippen LogP contribution in [-0.4, -0.2) is 11.2 Å². The van der Waals surface area contributed by atoms with Crippen LogP contribution in [0.25, 0.3) is 0 Å². The topological polar surface area (TPSA) is 20.2 Å². The highest BCUT2D eigenvalue weighted by atomic mass is 16.3. The lowest BCUT2D eigenvalue weighted by Crippen LogP contribution is -2.01. The van der Waals surface area contributed by atoms with Gasteiger partial charge in [0.2, 0.25) is 0 Å². The van der Waals surface area contributed by atoms with Gasteiger partial charge in [-0.2, -0.15) is 0 Å². The van der Waals surface area contributed by atoms with Crippen LogP contribution in [0, 0.1) is 18.8 Å². The van der Waals surface area contributed by atoms with Crippen LogP contribution in [0.3, 0.4) is 0 Å². The summed E-state index contributed by atoms with van der Waals surface area (Å²) in [6, 6.07) is 8.02. The molecule has 1 unspecified atom stereocenters. The van der Waals surface area contributed by atoms with Crippen LogP contribution in [0.2, 0.25) is 0 Å². The Morgan fingerprint density at radius 3 is 2.87 bits per heavy atom. The molecule has 0 radical (unpaired) electrons. The van der Waals surface area contributed by atoms with E-state index >= 15 is 0 Å². The molecule has 0 saturated carbocycles. The summed E-state index contributed by atoms with van der Waals surface area (Å²) in [7, 11) is 0. The number of aryl methyl sites for hydroxylation is 1. The molecule has 1 N–H and O–H groups in total. The van der Waals surface area contributed by atoms with Crippen LogP contribution in [0.1, 0.15) is 37.3 Å². The lowest BCUT2D eigenvalue weighted by Gasteiger charge is -2.00. The van der Waals surface area contributed by atoms with Crippen molar-refractivity contribution < 1.29 is 5.11 Å². The van der Waals surface area contributed by atoms with Gasteiger partial charge in [-0.1, -0.05) is 43.7 Å². The number of aliphatic hydroxyl groups is 1. The Labute approximate surface area is 92.1 Å². The molecule has 1 atom stereocenters. The molecule has 0 fully saturated rings. The first-order chi connectivity index (χ1) is 7.22. The SMILES string of the molecule is CCCCC(O)C#Cc1cccc(C)c1. The van der Waals surface area contributed by atoms with E-state index in [2.05, 4.69) is 18.8 Å². The molecule has 1 heteroatoms. The van der Waals surface area contributed by atoms with E-state index in [1.54, 1.807) is 0 Å². The molecule has 0 aliphatic rings. The zero-order valence-electron chi connectivity index (χ0n) is 9.46. The average molecular weight is 202 g/mol. The fraction of sp³-hybridized carbons (Fsp3) is 0.429. The van der Waals surface area contributed by atoms with E-state index < -0.39 is 6.10 Å². The summed E-state index contributed by atoms with van der Waals surface area (Å²) < 4.78 is 0. The van der Waals surface area contributed by atoms with E-state index in [0.29, 0.717) is 0 Å². The zero-order valence-corrected chi connectivity index (χ0v) is 9.46. The van der Waals surface area contributed by atoms with Crippen molar-refractivity contribution in [2.75, 3.05) is 0 Å². The van der Waals surface area contributed by atoms with Crippen molar-refractivity contribution in [3.63, 3.8) is 0 Å². The van der Waals surface area contributed by atoms with Gasteiger partial charge in [-0.3, -0.25) is 0 Å². The van der Waals surface area contributed by atoms with Gasteiger partial charge in [0, 0.05) is 5.56 Å². The highest BCUT2D eigenvalue weighted by molar-refractivity contribution is 5.37. The highest BCUT2D eigenvalue weighted by Gasteiger charge is 1.96. The number of aliphatic hydroxyl groups excluding tert-OH is 1. The Hall–Kier alpha value is -1.26. The number of unbranched alkanes of at least 4 members (excludes halogenated alkanes) is 1. The van der Waals surface area contributed by atoms with E-state index in [-0.39, 0.29) is 0 Å². The molecule has 1 rings (SSSR count). The van der Waals surface area contributed by atoms with Gasteiger partial charge in [-0.25, -0.2) is 0 Å². The van der Waals surface area contributed by atoms with Gasteiger partial charge in [0.25, 0.3) is 0 Å². The molecular formula is C14H18O. The van der Waals surface area contributed by atoms with Crippen LogP contribution in [0.5, 0.6) is 0 Å². The van der Waals surface area contributed by atoms with Crippen LogP contribution in [0.15, 0.2) is 24.3 Å². The molecule has 15 heavy (non-hydrogen) atoms. The molecule has 0 aliphatic heterocycles. The van der Waals surface area contributed by atoms with Crippen molar-refractivity contribution in [2.24, 2.45) is 0 Å². The molecule has 80 valence electrons. The van der Waals surface area contributed by atoms with Crippen LogP contribution < -0.4 is 0 Å². The maximum absolute atomic E-state index is 9.54. The first-order valence-corrected chi connectivity index (χ1v) is 5.48. The van der Waals surface area contributed by atoms with Crippen molar-refractivity contribution in [1.82, 2.24) is 0 Å². The van der Waals surface area contributed by atoms with E-state index in [1.807, 2.05) is 31.2 Å². The lowest BCUT2D eigenvalue weighted by molar-refractivity contribution is 0.218. The second-order valence-corrected chi connectivity index (χ2v) is 3.80. The fourth-order valence-corrected chi connectivity index (χ4v) is 1.36. The molecule has 0 aliphatic carbocycles. The third-order valence-electron chi connectivity index (χ3n) is 2.23. The predicted octanol–water partition coefficient (Wildman–Crippen LogP) is 2.90. The van der Waals surface area contributed by atoms with Crippen molar-refractivity contribution in [1.29, 1.82) is 0 Å². The van der Waals surface area contributed by atoms with E-state index in [9.17, 15) is 5.11 Å². The molecular weight excluding hydrogens is 184 g/mol. The van der Waals surface area contributed by atoms with Gasteiger partial charge in [-0.05, 0) is 31.0 Å². The van der Waals surface area contributed by atoms with Gasteiger partial charge in [0.15, 0.2) is 0 Å². The Morgan fingerprint density at radius 2 is 2.20 bits per heavy atom. The molecule has 0 saturated heterocycles. The van der Waals surface area contributed by atoms with E-state index in [0.717, 1.165) is 24.8 Å². The summed E-state index contributed by atoms with van der Waals surface area (Å²) in [5.74, 6) is 5.86. The molecule has 1 aromatic rings. The maximum atomic E-state index is 9.54. The smallest absolute Gasteiger partial charge is 0.115 e. The van der Waals surface area contributed by atoms with Crippen molar-refractivity contribution in [3.8, 4) is 11.8 Å². The molecule has 0 heterocycles. The van der Waals surface area contributed by atoms with Crippen LogP contribution >= 0.6 is 0 Å². The molecule has 0 amide bonds. The highest BCUT2D eigenvalue weighted by Crippen LogP contribution is 2.03. The number of benzene rings is 1. The number of rotatable bonds is 3. The second kappa shape index (κ2) is 6.27. The quantitative estimate of drug-likeness (QED) is 0.747. The maximum Gasteiger partial charge on any atom is 0.115 e. The van der Waals surface area contributed by atoms with Crippen molar-refractivity contribution >= 4 is 0 Å². The lowest BCUT2D eigenvalue weighted by atomic mass is 10.1. The normalized spacial score (nSPS) is 11.7. The molecule has 1 nitrogen and oxygen atoms in total. The van der Waals surface area contributed by atoms with Gasteiger partial charge in [0.05, 0.1) is 0 Å². The van der Waals surface area contributed by atoms with Gasteiger partial charge in [0.1, 0.15) is 6.10 Å². The minimum absolute atomic E-state index is 0.481. The summed E-state index contributed by atoms with van der Waals surface area (Å²) in [5.41, 5.74) is 2.18. The first kappa shape index (κ1) is 11.8.